The minimum Gasteiger partial charge on any atom is -0.496 e. The van der Waals surface area contributed by atoms with Crippen LogP contribution in [-0.2, 0) is 20.6 Å². The number of hydrogen-bond acceptors (Lipinski definition) is 6. The van der Waals surface area contributed by atoms with Crippen LogP contribution in [0.15, 0.2) is 60.7 Å². The number of likely N-dealkylation sites (N-methyl/N-ethyl adjacent to an activating group) is 2. The molecule has 1 atom stereocenters. The Morgan fingerprint density at radius 3 is 2.46 bits per heavy atom. The summed E-state index contributed by atoms with van der Waals surface area (Å²) in [5.74, 6) is 1.12. The summed E-state index contributed by atoms with van der Waals surface area (Å²) < 4.78 is 35.7. The van der Waals surface area contributed by atoms with Crippen LogP contribution in [0, 0.1) is 0 Å². The summed E-state index contributed by atoms with van der Waals surface area (Å²) in [7, 11) is -0.212. The lowest BCUT2D eigenvalue weighted by Gasteiger charge is -2.31. The third-order valence-electron chi connectivity index (χ3n) is 6.59. The molecule has 0 saturated heterocycles. The van der Waals surface area contributed by atoms with E-state index in [2.05, 4.69) is 0 Å². The van der Waals surface area contributed by atoms with Crippen LogP contribution >= 0.6 is 0 Å². The van der Waals surface area contributed by atoms with E-state index < -0.39 is 16.1 Å². The molecule has 8 nitrogen and oxygen atoms in total. The number of carbonyl (C=O) groups excluding carboxylic acids is 1. The summed E-state index contributed by atoms with van der Waals surface area (Å²) in [6.07, 6.45) is -0.498. The maximum Gasteiger partial charge on any atom is 0.242 e. The van der Waals surface area contributed by atoms with Gasteiger partial charge in [0.25, 0.3) is 0 Å². The quantitative estimate of drug-likeness (QED) is 0.456. The lowest BCUT2D eigenvalue weighted by molar-refractivity contribution is -0.129. The van der Waals surface area contributed by atoms with Crippen LogP contribution < -0.4 is 19.5 Å². The first-order valence-electron chi connectivity index (χ1n) is 12.2. The van der Waals surface area contributed by atoms with Gasteiger partial charge in [0, 0.05) is 31.4 Å². The number of ether oxygens (including phenoxy) is 2. The lowest BCUT2D eigenvalue weighted by atomic mass is 9.88. The molecule has 0 radical (unpaired) electrons. The fourth-order valence-corrected chi connectivity index (χ4v) is 5.40. The van der Waals surface area contributed by atoms with Gasteiger partial charge in [-0.3, -0.25) is 4.79 Å². The largest absolute Gasteiger partial charge is 0.496 e. The Bertz CT molecular complexity index is 1400. The van der Waals surface area contributed by atoms with Crippen LogP contribution in [0.3, 0.4) is 0 Å². The smallest absolute Gasteiger partial charge is 0.242 e. The SMILES string of the molecule is CCN(CC)C(=O)CN(C)c1cccc(C2Oc3cccc(OC)c3-c3ccc(CS(N)(=O)=O)cc32)c1. The molecule has 196 valence electrons. The van der Waals surface area contributed by atoms with Crippen LogP contribution in [0.5, 0.6) is 11.5 Å². The van der Waals surface area contributed by atoms with Gasteiger partial charge in [-0.15, -0.1) is 0 Å². The zero-order chi connectivity index (χ0) is 26.7. The predicted molar refractivity (Wildman–Crippen MR) is 145 cm³/mol. The molecule has 3 aromatic rings. The first kappa shape index (κ1) is 26.5. The Balaban J connectivity index is 1.76. The monoisotopic (exact) mass is 523 g/mol. The molecule has 0 spiro atoms. The first-order valence-corrected chi connectivity index (χ1v) is 13.9. The number of methoxy groups -OCH3 is 1. The Hall–Kier alpha value is -3.56. The van der Waals surface area contributed by atoms with Gasteiger partial charge in [-0.1, -0.05) is 36.4 Å². The fraction of sp³-hybridized carbons (Fsp3) is 0.321. The second-order valence-corrected chi connectivity index (χ2v) is 10.7. The zero-order valence-corrected chi connectivity index (χ0v) is 22.4. The van der Waals surface area contributed by atoms with Crippen molar-refractivity contribution in [1.82, 2.24) is 4.90 Å². The van der Waals surface area contributed by atoms with E-state index in [1.54, 1.807) is 18.1 Å². The molecule has 9 heteroatoms. The van der Waals surface area contributed by atoms with E-state index >= 15 is 0 Å². The maximum absolute atomic E-state index is 12.7. The van der Waals surface area contributed by atoms with Crippen LogP contribution in [0.1, 0.15) is 36.6 Å². The van der Waals surface area contributed by atoms with E-state index in [4.69, 9.17) is 14.6 Å². The molecule has 0 bridgehead atoms. The number of nitrogens with two attached hydrogens (primary N) is 1. The highest BCUT2D eigenvalue weighted by Crippen LogP contribution is 2.49. The number of primary sulfonamides is 1. The van der Waals surface area contributed by atoms with Crippen molar-refractivity contribution in [1.29, 1.82) is 0 Å². The second-order valence-electron chi connectivity index (χ2n) is 9.08. The minimum atomic E-state index is -3.71. The van der Waals surface area contributed by atoms with Gasteiger partial charge in [-0.2, -0.15) is 0 Å². The standard InChI is InChI=1S/C28H33N3O5S/c1-5-31(6-2)26(32)17-30(3)21-10-7-9-20(16-21)28-23-15-19(18-37(29,33)34)13-14-22(23)27-24(35-4)11-8-12-25(27)36-28/h7-16,28H,5-6,17-18H2,1-4H3,(H2,29,33,34). The van der Waals surface area contributed by atoms with Crippen molar-refractivity contribution in [2.75, 3.05) is 38.7 Å². The predicted octanol–water partition coefficient (Wildman–Crippen LogP) is 3.94. The van der Waals surface area contributed by atoms with Crippen molar-refractivity contribution < 1.29 is 22.7 Å². The van der Waals surface area contributed by atoms with Crippen LogP contribution in [0.25, 0.3) is 11.1 Å². The number of rotatable bonds is 9. The maximum atomic E-state index is 12.7. The van der Waals surface area contributed by atoms with Gasteiger partial charge < -0.3 is 19.3 Å². The van der Waals surface area contributed by atoms with Gasteiger partial charge >= 0.3 is 0 Å². The minimum absolute atomic E-state index is 0.0609. The molecule has 4 rings (SSSR count). The molecule has 3 aromatic carbocycles. The number of hydrogen-bond donors (Lipinski definition) is 1. The summed E-state index contributed by atoms with van der Waals surface area (Å²) in [6, 6.07) is 19.0. The van der Waals surface area contributed by atoms with E-state index in [0.29, 0.717) is 30.2 Å². The van der Waals surface area contributed by atoms with Gasteiger partial charge in [-0.25, -0.2) is 13.6 Å². The molecule has 0 fully saturated rings. The molecule has 2 N–H and O–H groups in total. The number of sulfonamides is 1. The molecule has 1 amide bonds. The lowest BCUT2D eigenvalue weighted by Crippen LogP contribution is -2.38. The summed E-state index contributed by atoms with van der Waals surface area (Å²) in [4.78, 5) is 16.4. The molecule has 37 heavy (non-hydrogen) atoms. The highest BCUT2D eigenvalue weighted by Gasteiger charge is 2.30. The molecule has 1 aliphatic heterocycles. The summed E-state index contributed by atoms with van der Waals surface area (Å²) in [6.45, 7) is 5.53. The molecular formula is C28H33N3O5S. The number of amides is 1. The first-order chi connectivity index (χ1) is 17.6. The topological polar surface area (TPSA) is 102 Å². The van der Waals surface area contributed by atoms with Crippen LogP contribution in [0.4, 0.5) is 5.69 Å². The molecule has 0 aliphatic carbocycles. The van der Waals surface area contributed by atoms with Crippen molar-refractivity contribution in [2.24, 2.45) is 5.14 Å². The Morgan fingerprint density at radius 1 is 1.05 bits per heavy atom. The van der Waals surface area contributed by atoms with Crippen molar-refractivity contribution in [3.8, 4) is 22.6 Å². The molecule has 1 aliphatic rings. The number of benzene rings is 3. The van der Waals surface area contributed by atoms with Gasteiger partial charge in [0.15, 0.2) is 0 Å². The number of anilines is 1. The second kappa shape index (κ2) is 10.8. The normalized spacial score (nSPS) is 14.2. The average Bonchev–Trinajstić information content (AvgIpc) is 2.87. The Morgan fingerprint density at radius 2 is 1.78 bits per heavy atom. The van der Waals surface area contributed by atoms with Crippen molar-refractivity contribution in [3.05, 3.63) is 77.4 Å². The molecule has 0 aromatic heterocycles. The molecule has 0 saturated carbocycles. The van der Waals surface area contributed by atoms with Crippen LogP contribution in [-0.4, -0.2) is 53.0 Å². The zero-order valence-electron chi connectivity index (χ0n) is 21.6. The fourth-order valence-electron chi connectivity index (χ4n) is 4.76. The van der Waals surface area contributed by atoms with E-state index in [0.717, 1.165) is 27.9 Å². The Labute approximate surface area is 218 Å². The van der Waals surface area contributed by atoms with E-state index in [1.807, 2.05) is 80.4 Å². The number of fused-ring (bicyclic) bond motifs is 3. The van der Waals surface area contributed by atoms with E-state index in [9.17, 15) is 13.2 Å². The third kappa shape index (κ3) is 5.73. The van der Waals surface area contributed by atoms with Gasteiger partial charge in [-0.05, 0) is 54.8 Å². The van der Waals surface area contributed by atoms with E-state index in [1.165, 1.54) is 0 Å². The third-order valence-corrected chi connectivity index (χ3v) is 7.33. The van der Waals surface area contributed by atoms with Gasteiger partial charge in [0.05, 0.1) is 25.0 Å². The highest BCUT2D eigenvalue weighted by atomic mass is 32.2. The van der Waals surface area contributed by atoms with Crippen molar-refractivity contribution in [2.45, 2.75) is 25.7 Å². The highest BCUT2D eigenvalue weighted by molar-refractivity contribution is 7.88. The molecule has 1 unspecified atom stereocenters. The van der Waals surface area contributed by atoms with Gasteiger partial charge in [0.1, 0.15) is 17.6 Å². The van der Waals surface area contributed by atoms with Crippen molar-refractivity contribution >= 4 is 21.6 Å². The van der Waals surface area contributed by atoms with Crippen molar-refractivity contribution in [3.63, 3.8) is 0 Å². The number of nitrogens with zero attached hydrogens (tertiary/aromatic N) is 2. The Kier molecular flexibility index (Phi) is 7.75. The molecular weight excluding hydrogens is 490 g/mol. The van der Waals surface area contributed by atoms with Gasteiger partial charge in [0.2, 0.25) is 15.9 Å². The average molecular weight is 524 g/mol. The summed E-state index contributed by atoms with van der Waals surface area (Å²) in [5.41, 5.74) is 4.86. The summed E-state index contributed by atoms with van der Waals surface area (Å²) >= 11 is 0. The van der Waals surface area contributed by atoms with E-state index in [-0.39, 0.29) is 18.2 Å². The molecule has 1 heterocycles. The number of carbonyl (C=O) groups is 1. The summed E-state index contributed by atoms with van der Waals surface area (Å²) in [5, 5.41) is 5.33. The van der Waals surface area contributed by atoms with Crippen LogP contribution in [0.2, 0.25) is 0 Å².